The highest BCUT2D eigenvalue weighted by molar-refractivity contribution is 5.94. The molecule has 1 aromatic carbocycles. The highest BCUT2D eigenvalue weighted by Gasteiger charge is 2.11. The van der Waals surface area contributed by atoms with Crippen molar-refractivity contribution in [1.29, 1.82) is 0 Å². The van der Waals surface area contributed by atoms with E-state index in [9.17, 15) is 0 Å². The normalized spacial score (nSPS) is 10.4. The van der Waals surface area contributed by atoms with Crippen molar-refractivity contribution in [3.63, 3.8) is 0 Å². The van der Waals surface area contributed by atoms with Gasteiger partial charge in [-0.1, -0.05) is 37.1 Å². The lowest BCUT2D eigenvalue weighted by Crippen LogP contribution is -2.24. The van der Waals surface area contributed by atoms with Crippen LogP contribution in [0, 0.1) is 12.3 Å². The smallest absolute Gasteiger partial charge is 0.137 e. The Balaban J connectivity index is 2.50. The van der Waals surface area contributed by atoms with Crippen molar-refractivity contribution in [3.8, 4) is 12.3 Å². The molecular formula is C17H21N3. The second-order valence-electron chi connectivity index (χ2n) is 4.65. The highest BCUT2D eigenvalue weighted by Crippen LogP contribution is 2.27. The molecule has 0 atom stereocenters. The summed E-state index contributed by atoms with van der Waals surface area (Å²) in [4.78, 5) is 6.76. The molecule has 0 aliphatic carbocycles. The minimum Gasteiger partial charge on any atom is -0.345 e. The fourth-order valence-electron chi connectivity index (χ4n) is 2.34. The second kappa shape index (κ2) is 6.93. The molecule has 0 spiro atoms. The van der Waals surface area contributed by atoms with Gasteiger partial charge in [-0.15, -0.1) is 6.42 Å². The lowest BCUT2D eigenvalue weighted by atomic mass is 10.1. The van der Waals surface area contributed by atoms with Crippen LogP contribution in [0.15, 0.2) is 30.5 Å². The Hall–Kier alpha value is -2.05. The average molecular weight is 267 g/mol. The van der Waals surface area contributed by atoms with Crippen LogP contribution < -0.4 is 10.2 Å². The van der Waals surface area contributed by atoms with Crippen LogP contribution in [-0.2, 0) is 6.54 Å². The largest absolute Gasteiger partial charge is 0.345 e. The first-order valence-corrected chi connectivity index (χ1v) is 7.07. The van der Waals surface area contributed by atoms with Gasteiger partial charge in [-0.3, -0.25) is 0 Å². The Morgan fingerprint density at radius 1 is 1.25 bits per heavy atom. The molecule has 0 saturated carbocycles. The molecule has 104 valence electrons. The molecule has 1 aromatic heterocycles. The van der Waals surface area contributed by atoms with Crippen LogP contribution in [0.3, 0.4) is 0 Å². The van der Waals surface area contributed by atoms with E-state index in [0.29, 0.717) is 6.54 Å². The summed E-state index contributed by atoms with van der Waals surface area (Å²) < 4.78 is 0. The molecule has 0 saturated heterocycles. The second-order valence-corrected chi connectivity index (χ2v) is 4.65. The molecule has 0 unspecified atom stereocenters. The predicted molar refractivity (Wildman–Crippen MR) is 85.8 cm³/mol. The fraction of sp³-hybridized carbons (Fsp3) is 0.353. The van der Waals surface area contributed by atoms with Gasteiger partial charge in [0, 0.05) is 24.7 Å². The molecule has 2 aromatic rings. The Labute approximate surface area is 121 Å². The summed E-state index contributed by atoms with van der Waals surface area (Å²) in [6, 6.07) is 8.39. The molecule has 0 radical (unpaired) electrons. The van der Waals surface area contributed by atoms with E-state index in [0.717, 1.165) is 25.5 Å². The molecule has 0 amide bonds. The number of nitrogens with zero attached hydrogens (tertiary/aromatic N) is 2. The molecular weight excluding hydrogens is 246 g/mol. The first-order valence-electron chi connectivity index (χ1n) is 7.07. The number of rotatable bonds is 6. The van der Waals surface area contributed by atoms with Gasteiger partial charge in [0.2, 0.25) is 0 Å². The van der Waals surface area contributed by atoms with Crippen molar-refractivity contribution in [2.24, 2.45) is 0 Å². The summed E-state index contributed by atoms with van der Waals surface area (Å²) in [6.07, 6.45) is 7.41. The summed E-state index contributed by atoms with van der Waals surface area (Å²) >= 11 is 0. The summed E-state index contributed by atoms with van der Waals surface area (Å²) in [7, 11) is 0. The van der Waals surface area contributed by atoms with E-state index in [4.69, 9.17) is 6.42 Å². The van der Waals surface area contributed by atoms with Gasteiger partial charge in [0.25, 0.3) is 0 Å². The van der Waals surface area contributed by atoms with Crippen LogP contribution in [-0.4, -0.2) is 24.6 Å². The maximum Gasteiger partial charge on any atom is 0.137 e. The summed E-state index contributed by atoms with van der Waals surface area (Å²) in [6.45, 7) is 7.43. The third-order valence-electron chi connectivity index (χ3n) is 3.39. The number of aromatic nitrogens is 1. The van der Waals surface area contributed by atoms with Gasteiger partial charge in [0.05, 0.1) is 6.54 Å². The number of fused-ring (bicyclic) bond motifs is 1. The lowest BCUT2D eigenvalue weighted by molar-refractivity contribution is 0.728. The van der Waals surface area contributed by atoms with Crippen molar-refractivity contribution in [2.45, 2.75) is 20.4 Å². The van der Waals surface area contributed by atoms with Crippen molar-refractivity contribution < 1.29 is 0 Å². The fourth-order valence-corrected chi connectivity index (χ4v) is 2.34. The molecule has 3 nitrogen and oxygen atoms in total. The first kappa shape index (κ1) is 14.4. The Morgan fingerprint density at radius 3 is 2.65 bits per heavy atom. The Morgan fingerprint density at radius 2 is 2.00 bits per heavy atom. The molecule has 20 heavy (non-hydrogen) atoms. The van der Waals surface area contributed by atoms with Crippen LogP contribution in [0.1, 0.15) is 19.4 Å². The van der Waals surface area contributed by atoms with E-state index < -0.39 is 0 Å². The zero-order valence-corrected chi connectivity index (χ0v) is 12.2. The highest BCUT2D eigenvalue weighted by atomic mass is 15.2. The zero-order chi connectivity index (χ0) is 14.4. The minimum atomic E-state index is 0.583. The standard InChI is InChI=1S/C17H21N3/c1-4-11-20(6-3)17-16-10-8-7-9-15(16)14(13-19-17)12-18-5-2/h1,7-10,13,18H,5-6,11-12H2,2-3H3. The number of hydrogen-bond acceptors (Lipinski definition) is 3. The monoisotopic (exact) mass is 267 g/mol. The van der Waals surface area contributed by atoms with Crippen molar-refractivity contribution in [2.75, 3.05) is 24.5 Å². The van der Waals surface area contributed by atoms with Crippen molar-refractivity contribution >= 4 is 16.6 Å². The number of terminal acetylenes is 1. The third-order valence-corrected chi connectivity index (χ3v) is 3.39. The van der Waals surface area contributed by atoms with Gasteiger partial charge < -0.3 is 10.2 Å². The topological polar surface area (TPSA) is 28.2 Å². The SMILES string of the molecule is C#CCN(CC)c1ncc(CNCC)c2ccccc12. The zero-order valence-electron chi connectivity index (χ0n) is 12.2. The quantitative estimate of drug-likeness (QED) is 0.816. The third kappa shape index (κ3) is 2.92. The summed E-state index contributed by atoms with van der Waals surface area (Å²) in [5, 5.41) is 5.77. The maximum absolute atomic E-state index is 5.45. The van der Waals surface area contributed by atoms with E-state index >= 15 is 0 Å². The number of benzene rings is 1. The first-order chi connectivity index (χ1) is 9.81. The summed E-state index contributed by atoms with van der Waals surface area (Å²) in [5.74, 6) is 3.68. The van der Waals surface area contributed by atoms with Crippen LogP contribution in [0.2, 0.25) is 0 Å². The predicted octanol–water partition coefficient (Wildman–Crippen LogP) is 2.80. The molecule has 1 N–H and O–H groups in total. The van der Waals surface area contributed by atoms with Crippen molar-refractivity contribution in [3.05, 3.63) is 36.0 Å². The number of anilines is 1. The van der Waals surface area contributed by atoms with Crippen LogP contribution in [0.5, 0.6) is 0 Å². The molecule has 0 fully saturated rings. The summed E-state index contributed by atoms with van der Waals surface area (Å²) in [5.41, 5.74) is 1.22. The van der Waals surface area contributed by atoms with E-state index in [2.05, 4.69) is 53.2 Å². The van der Waals surface area contributed by atoms with E-state index in [1.165, 1.54) is 16.3 Å². The lowest BCUT2D eigenvalue weighted by Gasteiger charge is -2.21. The van der Waals surface area contributed by atoms with Gasteiger partial charge in [0.15, 0.2) is 0 Å². The minimum absolute atomic E-state index is 0.583. The van der Waals surface area contributed by atoms with Crippen LogP contribution in [0.25, 0.3) is 10.8 Å². The Kier molecular flexibility index (Phi) is 4.97. The molecule has 0 aliphatic heterocycles. The van der Waals surface area contributed by atoms with E-state index in [-0.39, 0.29) is 0 Å². The van der Waals surface area contributed by atoms with Gasteiger partial charge in [-0.25, -0.2) is 4.98 Å². The van der Waals surface area contributed by atoms with Gasteiger partial charge in [-0.05, 0) is 24.4 Å². The van der Waals surface area contributed by atoms with Gasteiger partial charge >= 0.3 is 0 Å². The van der Waals surface area contributed by atoms with E-state index in [1.807, 2.05) is 12.3 Å². The van der Waals surface area contributed by atoms with E-state index in [1.54, 1.807) is 0 Å². The molecule has 1 heterocycles. The molecule has 3 heteroatoms. The Bertz CT molecular complexity index is 613. The van der Waals surface area contributed by atoms with Crippen LogP contribution >= 0.6 is 0 Å². The van der Waals surface area contributed by atoms with Gasteiger partial charge in [-0.2, -0.15) is 0 Å². The molecule has 0 aliphatic rings. The van der Waals surface area contributed by atoms with Gasteiger partial charge in [0.1, 0.15) is 5.82 Å². The van der Waals surface area contributed by atoms with Crippen LogP contribution in [0.4, 0.5) is 5.82 Å². The number of nitrogens with one attached hydrogen (secondary N) is 1. The molecule has 0 bridgehead atoms. The number of hydrogen-bond donors (Lipinski definition) is 1. The molecule has 2 rings (SSSR count). The van der Waals surface area contributed by atoms with Crippen molar-refractivity contribution in [1.82, 2.24) is 10.3 Å². The maximum atomic E-state index is 5.45. The number of pyridine rings is 1. The average Bonchev–Trinajstić information content (AvgIpc) is 2.50.